The normalized spacial score (nSPS) is 11.4. The van der Waals surface area contributed by atoms with Gasteiger partial charge in [-0.1, -0.05) is 24.3 Å². The fourth-order valence-electron chi connectivity index (χ4n) is 4.19. The minimum Gasteiger partial charge on any atom is -0.353 e. The molecule has 0 unspecified atom stereocenters. The van der Waals surface area contributed by atoms with Crippen molar-refractivity contribution in [1.82, 2.24) is 25.1 Å². The third kappa shape index (κ3) is 2.96. The Bertz CT molecular complexity index is 1590. The van der Waals surface area contributed by atoms with Crippen LogP contribution < -0.4 is 0 Å². The van der Waals surface area contributed by atoms with Crippen LogP contribution in [0.3, 0.4) is 0 Å². The average Bonchev–Trinajstić information content (AvgIpc) is 3.43. The van der Waals surface area contributed by atoms with Gasteiger partial charge in [0.25, 0.3) is 0 Å². The van der Waals surface area contributed by atoms with Gasteiger partial charge in [0.15, 0.2) is 5.65 Å². The second kappa shape index (κ2) is 7.13. The molecule has 32 heavy (non-hydrogen) atoms. The van der Waals surface area contributed by atoms with Gasteiger partial charge < -0.3 is 4.98 Å². The van der Waals surface area contributed by atoms with E-state index in [1.807, 2.05) is 36.7 Å². The number of hydrogen-bond acceptors (Lipinski definition) is 3. The van der Waals surface area contributed by atoms with Gasteiger partial charge in [0.05, 0.1) is 11.4 Å². The lowest BCUT2D eigenvalue weighted by molar-refractivity contribution is 0.628. The molecule has 4 heterocycles. The first-order valence-corrected chi connectivity index (χ1v) is 10.3. The van der Waals surface area contributed by atoms with Crippen molar-refractivity contribution in [3.05, 3.63) is 90.6 Å². The first kappa shape index (κ1) is 18.4. The van der Waals surface area contributed by atoms with Gasteiger partial charge in [0, 0.05) is 46.0 Å². The quantitative estimate of drug-likeness (QED) is 0.354. The molecule has 0 radical (unpaired) electrons. The number of rotatable bonds is 3. The maximum atomic E-state index is 13.4. The lowest BCUT2D eigenvalue weighted by atomic mass is 10.0. The van der Waals surface area contributed by atoms with Crippen LogP contribution in [0.2, 0.25) is 0 Å². The van der Waals surface area contributed by atoms with Crippen LogP contribution in [0.25, 0.3) is 55.6 Å². The zero-order chi connectivity index (χ0) is 21.7. The smallest absolute Gasteiger partial charge is 0.181 e. The molecule has 0 amide bonds. The molecule has 6 heteroatoms. The highest BCUT2D eigenvalue weighted by Crippen LogP contribution is 2.35. The zero-order valence-corrected chi connectivity index (χ0v) is 17.2. The topological polar surface area (TPSA) is 70.2 Å². The lowest BCUT2D eigenvalue weighted by Crippen LogP contribution is -1.87. The molecule has 0 aliphatic carbocycles. The molecule has 0 fully saturated rings. The second-order valence-corrected chi connectivity index (χ2v) is 7.84. The van der Waals surface area contributed by atoms with E-state index >= 15 is 0 Å². The Kier molecular flexibility index (Phi) is 4.11. The SMILES string of the molecule is Cc1ccncc1-c1cnc2n[nH]c(-c3cc4c(-c5ccc(F)cc5)cccc4[nH]3)c2c1. The monoisotopic (exact) mass is 419 g/mol. The number of aryl methyl sites for hydroxylation is 1. The van der Waals surface area contributed by atoms with Crippen molar-refractivity contribution in [1.29, 1.82) is 0 Å². The molecule has 2 N–H and O–H groups in total. The molecule has 0 aliphatic rings. The van der Waals surface area contributed by atoms with Gasteiger partial charge in [-0.05, 0) is 60.0 Å². The first-order chi connectivity index (χ1) is 15.7. The van der Waals surface area contributed by atoms with E-state index in [2.05, 4.69) is 44.2 Å². The van der Waals surface area contributed by atoms with Crippen LogP contribution in [-0.4, -0.2) is 25.1 Å². The number of hydrogen-bond donors (Lipinski definition) is 2. The van der Waals surface area contributed by atoms with E-state index < -0.39 is 0 Å². The van der Waals surface area contributed by atoms with E-state index in [-0.39, 0.29) is 5.82 Å². The second-order valence-electron chi connectivity index (χ2n) is 7.84. The van der Waals surface area contributed by atoms with Crippen LogP contribution in [0.5, 0.6) is 0 Å². The van der Waals surface area contributed by atoms with Crippen LogP contribution in [0, 0.1) is 12.7 Å². The van der Waals surface area contributed by atoms with Gasteiger partial charge in [0.2, 0.25) is 0 Å². The fourth-order valence-corrected chi connectivity index (χ4v) is 4.19. The lowest BCUT2D eigenvalue weighted by Gasteiger charge is -2.04. The number of nitrogens with zero attached hydrogens (tertiary/aromatic N) is 3. The summed E-state index contributed by atoms with van der Waals surface area (Å²) in [5.74, 6) is -0.244. The summed E-state index contributed by atoms with van der Waals surface area (Å²) in [6.45, 7) is 2.06. The largest absolute Gasteiger partial charge is 0.353 e. The molecule has 0 bridgehead atoms. The molecule has 0 spiro atoms. The van der Waals surface area contributed by atoms with Crippen LogP contribution in [-0.2, 0) is 0 Å². The van der Waals surface area contributed by atoms with Gasteiger partial charge >= 0.3 is 0 Å². The molecule has 0 saturated carbocycles. The predicted octanol–water partition coefficient (Wildman–Crippen LogP) is 6.28. The summed E-state index contributed by atoms with van der Waals surface area (Å²) in [6, 6.07) is 18.8. The minimum absolute atomic E-state index is 0.244. The summed E-state index contributed by atoms with van der Waals surface area (Å²) in [6.07, 6.45) is 5.47. The van der Waals surface area contributed by atoms with Gasteiger partial charge in [-0.15, -0.1) is 0 Å². The number of pyridine rings is 2. The molecule has 6 aromatic rings. The number of fused-ring (bicyclic) bond motifs is 2. The number of aromatic amines is 2. The summed E-state index contributed by atoms with van der Waals surface area (Å²) in [5.41, 5.74) is 8.63. The molecular weight excluding hydrogens is 401 g/mol. The Balaban J connectivity index is 1.51. The van der Waals surface area contributed by atoms with E-state index in [1.54, 1.807) is 18.3 Å². The van der Waals surface area contributed by atoms with Gasteiger partial charge in [-0.2, -0.15) is 5.10 Å². The highest BCUT2D eigenvalue weighted by atomic mass is 19.1. The molecule has 0 saturated heterocycles. The molecule has 4 aromatic heterocycles. The summed E-state index contributed by atoms with van der Waals surface area (Å²) < 4.78 is 13.4. The Hall–Kier alpha value is -4.32. The van der Waals surface area contributed by atoms with E-state index in [4.69, 9.17) is 0 Å². The Morgan fingerprint density at radius 2 is 1.72 bits per heavy atom. The van der Waals surface area contributed by atoms with E-state index in [0.717, 1.165) is 55.5 Å². The van der Waals surface area contributed by atoms with Gasteiger partial charge in [-0.3, -0.25) is 10.1 Å². The molecule has 0 atom stereocenters. The standard InChI is InChI=1S/C26H18FN5/c1-15-9-10-28-14-22(15)17-11-21-25(31-32-26(21)29-13-17)24-12-20-19(3-2-4-23(20)30-24)16-5-7-18(27)8-6-16/h2-14,30H,1H3,(H,29,31,32). The molecule has 154 valence electrons. The predicted molar refractivity (Wildman–Crippen MR) is 125 cm³/mol. The molecule has 6 rings (SSSR count). The van der Waals surface area contributed by atoms with Crippen molar-refractivity contribution >= 4 is 21.9 Å². The van der Waals surface area contributed by atoms with Crippen LogP contribution in [0.15, 0.2) is 79.3 Å². The molecule has 5 nitrogen and oxygen atoms in total. The van der Waals surface area contributed by atoms with E-state index in [0.29, 0.717) is 5.65 Å². The number of H-pyrrole nitrogens is 2. The number of halogens is 1. The Morgan fingerprint density at radius 3 is 2.56 bits per heavy atom. The van der Waals surface area contributed by atoms with Crippen molar-refractivity contribution in [3.8, 4) is 33.6 Å². The van der Waals surface area contributed by atoms with Gasteiger partial charge in [-0.25, -0.2) is 9.37 Å². The number of nitrogens with one attached hydrogen (secondary N) is 2. The Labute approximate surface area is 183 Å². The van der Waals surface area contributed by atoms with Crippen molar-refractivity contribution in [2.24, 2.45) is 0 Å². The summed E-state index contributed by atoms with van der Waals surface area (Å²) in [4.78, 5) is 12.3. The molecule has 0 aliphatic heterocycles. The maximum Gasteiger partial charge on any atom is 0.181 e. The summed E-state index contributed by atoms with van der Waals surface area (Å²) >= 11 is 0. The third-order valence-electron chi connectivity index (χ3n) is 5.85. The molecule has 2 aromatic carbocycles. The van der Waals surface area contributed by atoms with Crippen molar-refractivity contribution in [2.75, 3.05) is 0 Å². The van der Waals surface area contributed by atoms with Crippen molar-refractivity contribution in [2.45, 2.75) is 6.92 Å². The maximum absolute atomic E-state index is 13.4. The fraction of sp³-hybridized carbons (Fsp3) is 0.0385. The van der Waals surface area contributed by atoms with Crippen molar-refractivity contribution < 1.29 is 4.39 Å². The van der Waals surface area contributed by atoms with Crippen LogP contribution in [0.4, 0.5) is 4.39 Å². The zero-order valence-electron chi connectivity index (χ0n) is 17.2. The van der Waals surface area contributed by atoms with E-state index in [9.17, 15) is 4.39 Å². The van der Waals surface area contributed by atoms with Crippen molar-refractivity contribution in [3.63, 3.8) is 0 Å². The first-order valence-electron chi connectivity index (χ1n) is 10.3. The minimum atomic E-state index is -0.244. The summed E-state index contributed by atoms with van der Waals surface area (Å²) in [5, 5.41) is 9.53. The number of benzene rings is 2. The summed E-state index contributed by atoms with van der Waals surface area (Å²) in [7, 11) is 0. The Morgan fingerprint density at radius 1 is 0.844 bits per heavy atom. The average molecular weight is 419 g/mol. The number of aromatic nitrogens is 5. The molecular formula is C26H18FN5. The van der Waals surface area contributed by atoms with E-state index in [1.165, 1.54) is 12.1 Å². The van der Waals surface area contributed by atoms with Gasteiger partial charge in [0.1, 0.15) is 5.82 Å². The van der Waals surface area contributed by atoms with Crippen LogP contribution >= 0.6 is 0 Å². The third-order valence-corrected chi connectivity index (χ3v) is 5.85. The highest BCUT2D eigenvalue weighted by Gasteiger charge is 2.15. The van der Waals surface area contributed by atoms with Crippen LogP contribution in [0.1, 0.15) is 5.56 Å². The highest BCUT2D eigenvalue weighted by molar-refractivity contribution is 6.01.